The van der Waals surface area contributed by atoms with Crippen LogP contribution in [0.1, 0.15) is 45.2 Å². The summed E-state index contributed by atoms with van der Waals surface area (Å²) in [5, 5.41) is 3.26. The summed E-state index contributed by atoms with van der Waals surface area (Å²) in [5.41, 5.74) is 1.20. The fourth-order valence-corrected chi connectivity index (χ4v) is 2.33. The number of rotatable bonds is 7. The molecule has 1 rings (SSSR count). The van der Waals surface area contributed by atoms with E-state index in [9.17, 15) is 0 Å². The smallest absolute Gasteiger partial charge is 0.124 e. The molecule has 3 heteroatoms. The van der Waals surface area contributed by atoms with Gasteiger partial charge in [0.2, 0.25) is 0 Å². The molecule has 0 amide bonds. The number of ether oxygens (including phenoxy) is 1. The van der Waals surface area contributed by atoms with E-state index in [1.54, 1.807) is 0 Å². The predicted octanol–water partition coefficient (Wildman–Crippen LogP) is 4.54. The summed E-state index contributed by atoms with van der Waals surface area (Å²) in [7, 11) is 1.97. The molecule has 0 bridgehead atoms. The molecule has 1 aromatic rings. The van der Waals surface area contributed by atoms with Gasteiger partial charge in [0.15, 0.2) is 0 Å². The molecule has 0 aromatic heterocycles. The highest BCUT2D eigenvalue weighted by molar-refractivity contribution is 9.10. The van der Waals surface area contributed by atoms with Crippen molar-refractivity contribution in [2.75, 3.05) is 13.7 Å². The Balaban J connectivity index is 2.75. The average Bonchev–Trinajstić information content (AvgIpc) is 2.36. The molecule has 0 heterocycles. The molecule has 0 aliphatic rings. The molecule has 0 aliphatic heterocycles. The monoisotopic (exact) mass is 313 g/mol. The van der Waals surface area contributed by atoms with Crippen LogP contribution in [0.15, 0.2) is 22.7 Å². The van der Waals surface area contributed by atoms with E-state index in [2.05, 4.69) is 48.1 Å². The molecule has 0 saturated heterocycles. The number of benzene rings is 1. The maximum Gasteiger partial charge on any atom is 0.124 e. The predicted molar refractivity (Wildman–Crippen MR) is 81.2 cm³/mol. The lowest BCUT2D eigenvalue weighted by Crippen LogP contribution is -2.15. The first kappa shape index (κ1) is 15.5. The lowest BCUT2D eigenvalue weighted by Gasteiger charge is -2.19. The zero-order valence-corrected chi connectivity index (χ0v) is 13.4. The van der Waals surface area contributed by atoms with Gasteiger partial charge in [-0.1, -0.05) is 36.2 Å². The third-order valence-electron chi connectivity index (χ3n) is 3.18. The molecule has 102 valence electrons. The first-order valence-electron chi connectivity index (χ1n) is 6.68. The van der Waals surface area contributed by atoms with E-state index >= 15 is 0 Å². The normalized spacial score (nSPS) is 14.3. The Labute approximate surface area is 119 Å². The van der Waals surface area contributed by atoms with Gasteiger partial charge in [-0.2, -0.15) is 0 Å². The molecular formula is C15H24BrNO. The number of nitrogens with one attached hydrogen (secondary N) is 1. The first-order chi connectivity index (χ1) is 8.58. The lowest BCUT2D eigenvalue weighted by molar-refractivity contribution is 0.248. The summed E-state index contributed by atoms with van der Waals surface area (Å²) in [6.07, 6.45) is 2.43. The largest absolute Gasteiger partial charge is 0.493 e. The summed E-state index contributed by atoms with van der Waals surface area (Å²) in [6.45, 7) is 7.39. The topological polar surface area (TPSA) is 21.3 Å². The van der Waals surface area contributed by atoms with Crippen LogP contribution in [0.2, 0.25) is 0 Å². The van der Waals surface area contributed by atoms with Gasteiger partial charge in [0, 0.05) is 16.1 Å². The van der Waals surface area contributed by atoms with E-state index in [4.69, 9.17) is 4.74 Å². The van der Waals surface area contributed by atoms with Gasteiger partial charge in [-0.25, -0.2) is 0 Å². The Morgan fingerprint density at radius 2 is 2.06 bits per heavy atom. The van der Waals surface area contributed by atoms with E-state index in [1.807, 2.05) is 19.2 Å². The Hall–Kier alpha value is -0.540. The van der Waals surface area contributed by atoms with Crippen molar-refractivity contribution in [1.82, 2.24) is 5.32 Å². The number of hydrogen-bond donors (Lipinski definition) is 1. The van der Waals surface area contributed by atoms with Crippen molar-refractivity contribution in [3.8, 4) is 5.75 Å². The van der Waals surface area contributed by atoms with Crippen LogP contribution < -0.4 is 10.1 Å². The summed E-state index contributed by atoms with van der Waals surface area (Å²) in [5.74, 6) is 1.60. The maximum atomic E-state index is 5.97. The van der Waals surface area contributed by atoms with Crippen molar-refractivity contribution in [3.63, 3.8) is 0 Å². The number of halogens is 1. The molecule has 1 N–H and O–H groups in total. The molecular weight excluding hydrogens is 290 g/mol. The highest BCUT2D eigenvalue weighted by Gasteiger charge is 2.11. The highest BCUT2D eigenvalue weighted by Crippen LogP contribution is 2.29. The quantitative estimate of drug-likeness (QED) is 0.797. The number of hydrogen-bond acceptors (Lipinski definition) is 2. The van der Waals surface area contributed by atoms with E-state index in [1.165, 1.54) is 18.4 Å². The van der Waals surface area contributed by atoms with Crippen molar-refractivity contribution in [2.24, 2.45) is 5.92 Å². The van der Waals surface area contributed by atoms with Crippen LogP contribution >= 0.6 is 15.9 Å². The van der Waals surface area contributed by atoms with Gasteiger partial charge in [0.1, 0.15) is 5.75 Å². The van der Waals surface area contributed by atoms with Crippen LogP contribution in [0, 0.1) is 5.92 Å². The van der Waals surface area contributed by atoms with Gasteiger partial charge in [-0.15, -0.1) is 0 Å². The fraction of sp³-hybridized carbons (Fsp3) is 0.600. The molecule has 0 radical (unpaired) electrons. The third-order valence-corrected chi connectivity index (χ3v) is 3.67. The second-order valence-electron chi connectivity index (χ2n) is 4.90. The van der Waals surface area contributed by atoms with E-state index < -0.39 is 0 Å². The first-order valence-corrected chi connectivity index (χ1v) is 7.47. The molecule has 0 spiro atoms. The van der Waals surface area contributed by atoms with Crippen molar-refractivity contribution < 1.29 is 4.74 Å². The Bertz CT molecular complexity index is 368. The van der Waals surface area contributed by atoms with Gasteiger partial charge < -0.3 is 10.1 Å². The Morgan fingerprint density at radius 1 is 1.33 bits per heavy atom. The summed E-state index contributed by atoms with van der Waals surface area (Å²) >= 11 is 3.52. The van der Waals surface area contributed by atoms with Gasteiger partial charge in [-0.05, 0) is 44.5 Å². The van der Waals surface area contributed by atoms with Crippen LogP contribution in [-0.4, -0.2) is 13.7 Å². The zero-order chi connectivity index (χ0) is 13.5. The van der Waals surface area contributed by atoms with Crippen LogP contribution in [0.3, 0.4) is 0 Å². The van der Waals surface area contributed by atoms with Crippen molar-refractivity contribution in [2.45, 2.75) is 39.7 Å². The van der Waals surface area contributed by atoms with Gasteiger partial charge in [0.25, 0.3) is 0 Å². The molecule has 2 unspecified atom stereocenters. The minimum atomic E-state index is 0.291. The van der Waals surface area contributed by atoms with E-state index in [0.717, 1.165) is 16.8 Å². The van der Waals surface area contributed by atoms with Gasteiger partial charge in [0.05, 0.1) is 6.61 Å². The fourth-order valence-electron chi connectivity index (χ4n) is 1.95. The van der Waals surface area contributed by atoms with Crippen LogP contribution in [0.4, 0.5) is 0 Å². The maximum absolute atomic E-state index is 5.97. The summed E-state index contributed by atoms with van der Waals surface area (Å²) in [4.78, 5) is 0. The van der Waals surface area contributed by atoms with E-state index in [-0.39, 0.29) is 0 Å². The Kier molecular flexibility index (Phi) is 6.72. The standard InChI is InChI=1S/C15H24BrNO/c1-5-6-11(2)10-18-15-8-7-13(16)9-14(15)12(3)17-4/h7-9,11-12,17H,5-6,10H2,1-4H3. The van der Waals surface area contributed by atoms with Crippen molar-refractivity contribution in [3.05, 3.63) is 28.2 Å². The van der Waals surface area contributed by atoms with Crippen LogP contribution in [0.5, 0.6) is 5.75 Å². The SMILES string of the molecule is CCCC(C)COc1ccc(Br)cc1C(C)NC. The van der Waals surface area contributed by atoms with Gasteiger partial charge >= 0.3 is 0 Å². The lowest BCUT2D eigenvalue weighted by atomic mass is 10.1. The van der Waals surface area contributed by atoms with Crippen molar-refractivity contribution >= 4 is 15.9 Å². The second-order valence-corrected chi connectivity index (χ2v) is 5.81. The molecule has 0 saturated carbocycles. The third kappa shape index (κ3) is 4.62. The van der Waals surface area contributed by atoms with Crippen molar-refractivity contribution in [1.29, 1.82) is 0 Å². The van der Waals surface area contributed by atoms with Crippen LogP contribution in [-0.2, 0) is 0 Å². The second kappa shape index (κ2) is 7.80. The molecule has 2 nitrogen and oxygen atoms in total. The highest BCUT2D eigenvalue weighted by atomic mass is 79.9. The Morgan fingerprint density at radius 3 is 2.67 bits per heavy atom. The molecule has 18 heavy (non-hydrogen) atoms. The van der Waals surface area contributed by atoms with Crippen LogP contribution in [0.25, 0.3) is 0 Å². The minimum Gasteiger partial charge on any atom is -0.493 e. The molecule has 0 aliphatic carbocycles. The summed E-state index contributed by atoms with van der Waals surface area (Å²) in [6, 6.07) is 6.50. The average molecular weight is 314 g/mol. The van der Waals surface area contributed by atoms with E-state index in [0.29, 0.717) is 12.0 Å². The molecule has 0 fully saturated rings. The molecule has 1 aromatic carbocycles. The molecule has 2 atom stereocenters. The summed E-state index contributed by atoms with van der Waals surface area (Å²) < 4.78 is 7.06. The van der Waals surface area contributed by atoms with Gasteiger partial charge in [-0.3, -0.25) is 0 Å². The minimum absolute atomic E-state index is 0.291. The zero-order valence-electron chi connectivity index (χ0n) is 11.8.